The van der Waals surface area contributed by atoms with Crippen LogP contribution in [0.25, 0.3) is 6.08 Å². The number of hydrogen-bond donors (Lipinski definition) is 0. The quantitative estimate of drug-likeness (QED) is 0.391. The summed E-state index contributed by atoms with van der Waals surface area (Å²) in [6.45, 7) is 8.11. The molecule has 4 rings (SSSR count). The van der Waals surface area contributed by atoms with Crippen LogP contribution in [0, 0.1) is 6.92 Å². The zero-order valence-electron chi connectivity index (χ0n) is 19.7. The Morgan fingerprint density at radius 1 is 1.20 bits per heavy atom. The maximum Gasteiger partial charge on any atom is 0.338 e. The average molecular weight is 576 g/mol. The third-order valence-electron chi connectivity index (χ3n) is 5.52. The molecule has 2 heterocycles. The lowest BCUT2D eigenvalue weighted by Crippen LogP contribution is -2.39. The fourth-order valence-corrected chi connectivity index (χ4v) is 5.99. The topological polar surface area (TPSA) is 69.9 Å². The van der Waals surface area contributed by atoms with Crippen LogP contribution in [0.2, 0.25) is 5.02 Å². The maximum absolute atomic E-state index is 13.7. The summed E-state index contributed by atoms with van der Waals surface area (Å²) in [5.41, 5.74) is 3.29. The molecule has 0 saturated carbocycles. The molecular formula is C26H24BrClN2O4S. The van der Waals surface area contributed by atoms with Gasteiger partial charge in [0.25, 0.3) is 5.56 Å². The Labute approximate surface area is 220 Å². The largest absolute Gasteiger partial charge is 0.491 e. The van der Waals surface area contributed by atoms with Gasteiger partial charge in [0.1, 0.15) is 0 Å². The molecule has 182 valence electrons. The Hall–Kier alpha value is -2.68. The number of ether oxygens (including phenoxy) is 2. The van der Waals surface area contributed by atoms with Gasteiger partial charge in [0.2, 0.25) is 0 Å². The van der Waals surface area contributed by atoms with Gasteiger partial charge in [0, 0.05) is 0 Å². The molecule has 0 spiro atoms. The predicted octanol–water partition coefficient (Wildman–Crippen LogP) is 4.92. The summed E-state index contributed by atoms with van der Waals surface area (Å²) < 4.78 is 13.7. The van der Waals surface area contributed by atoms with Crippen molar-refractivity contribution in [2.75, 3.05) is 13.2 Å². The molecule has 9 heteroatoms. The highest BCUT2D eigenvalue weighted by Gasteiger charge is 2.33. The highest BCUT2D eigenvalue weighted by molar-refractivity contribution is 9.10. The van der Waals surface area contributed by atoms with Crippen molar-refractivity contribution < 1.29 is 14.3 Å². The Bertz CT molecular complexity index is 1480. The minimum Gasteiger partial charge on any atom is -0.491 e. The van der Waals surface area contributed by atoms with Crippen LogP contribution in [-0.2, 0) is 9.53 Å². The molecule has 2 aromatic carbocycles. The number of aromatic nitrogens is 1. The summed E-state index contributed by atoms with van der Waals surface area (Å²) in [6, 6.07) is 10.7. The number of esters is 1. The zero-order chi connectivity index (χ0) is 25.3. The second kappa shape index (κ2) is 10.5. The molecule has 0 N–H and O–H groups in total. The van der Waals surface area contributed by atoms with E-state index >= 15 is 0 Å². The van der Waals surface area contributed by atoms with Crippen LogP contribution in [0.4, 0.5) is 0 Å². The smallest absolute Gasteiger partial charge is 0.338 e. The van der Waals surface area contributed by atoms with Gasteiger partial charge in [-0.05, 0) is 73.0 Å². The van der Waals surface area contributed by atoms with E-state index in [1.165, 1.54) is 11.3 Å². The molecule has 1 aliphatic rings. The van der Waals surface area contributed by atoms with E-state index in [1.807, 2.05) is 44.2 Å². The highest BCUT2D eigenvalue weighted by atomic mass is 79.9. The summed E-state index contributed by atoms with van der Waals surface area (Å²) in [4.78, 5) is 31.8. The lowest BCUT2D eigenvalue weighted by atomic mass is 9.95. The fourth-order valence-electron chi connectivity index (χ4n) is 3.95. The molecule has 0 unspecified atom stereocenters. The zero-order valence-corrected chi connectivity index (χ0v) is 22.9. The SMILES string of the molecule is CCOC(=O)C1=C(C)N=c2s/c(=C/c3cc(Cl)c(OCC)c(Br)c3)c(=O)n2[C@H]1c1ccc(C)cc1. The first-order valence-electron chi connectivity index (χ1n) is 11.1. The van der Waals surface area contributed by atoms with Gasteiger partial charge in [-0.25, -0.2) is 9.79 Å². The number of thiazole rings is 1. The van der Waals surface area contributed by atoms with Crippen LogP contribution in [0.3, 0.4) is 0 Å². The number of fused-ring (bicyclic) bond motifs is 1. The monoisotopic (exact) mass is 574 g/mol. The van der Waals surface area contributed by atoms with Gasteiger partial charge >= 0.3 is 5.97 Å². The van der Waals surface area contributed by atoms with E-state index in [2.05, 4.69) is 20.9 Å². The van der Waals surface area contributed by atoms with E-state index < -0.39 is 12.0 Å². The summed E-state index contributed by atoms with van der Waals surface area (Å²) in [5.74, 6) is 0.0812. The lowest BCUT2D eigenvalue weighted by molar-refractivity contribution is -0.139. The van der Waals surface area contributed by atoms with Crippen molar-refractivity contribution in [2.45, 2.75) is 33.7 Å². The van der Waals surface area contributed by atoms with Crippen molar-refractivity contribution in [3.8, 4) is 5.75 Å². The Morgan fingerprint density at radius 2 is 1.91 bits per heavy atom. The second-order valence-electron chi connectivity index (χ2n) is 7.96. The van der Waals surface area contributed by atoms with Gasteiger partial charge in [-0.3, -0.25) is 9.36 Å². The van der Waals surface area contributed by atoms with Crippen molar-refractivity contribution in [3.63, 3.8) is 0 Å². The molecule has 0 amide bonds. The Balaban J connectivity index is 1.91. The molecule has 3 aromatic rings. The number of carbonyl (C=O) groups excluding carboxylic acids is 1. The molecule has 0 bridgehead atoms. The predicted molar refractivity (Wildman–Crippen MR) is 142 cm³/mol. The van der Waals surface area contributed by atoms with Crippen molar-refractivity contribution in [1.29, 1.82) is 0 Å². The van der Waals surface area contributed by atoms with Gasteiger partial charge in [-0.1, -0.05) is 52.8 Å². The average Bonchev–Trinajstić information content (AvgIpc) is 3.10. The number of allylic oxidation sites excluding steroid dienone is 1. The van der Waals surface area contributed by atoms with E-state index in [-0.39, 0.29) is 12.2 Å². The van der Waals surface area contributed by atoms with Crippen LogP contribution in [-0.4, -0.2) is 23.8 Å². The van der Waals surface area contributed by atoms with Gasteiger partial charge < -0.3 is 9.47 Å². The second-order valence-corrected chi connectivity index (χ2v) is 10.2. The van der Waals surface area contributed by atoms with E-state index in [0.717, 1.165) is 16.7 Å². The molecule has 1 aliphatic heterocycles. The Morgan fingerprint density at radius 3 is 2.54 bits per heavy atom. The maximum atomic E-state index is 13.7. The van der Waals surface area contributed by atoms with Crippen LogP contribution < -0.4 is 19.6 Å². The number of halogens is 2. The first-order valence-corrected chi connectivity index (χ1v) is 13.1. The standard InChI is InChI=1S/C26H24BrClN2O4S/c1-5-33-23-18(27)11-16(12-19(23)28)13-20-24(31)30-22(17-9-7-14(3)8-10-17)21(25(32)34-6-2)15(4)29-26(30)35-20/h7-13,22H,5-6H2,1-4H3/b20-13+/t22-/m0/s1. The van der Waals surface area contributed by atoms with Crippen LogP contribution in [0.1, 0.15) is 43.5 Å². The summed E-state index contributed by atoms with van der Waals surface area (Å²) in [6.07, 6.45) is 1.77. The van der Waals surface area contributed by atoms with Gasteiger partial charge in [0.05, 0.1) is 44.6 Å². The molecule has 35 heavy (non-hydrogen) atoms. The molecular weight excluding hydrogens is 552 g/mol. The van der Waals surface area contributed by atoms with Gasteiger partial charge in [0.15, 0.2) is 10.6 Å². The van der Waals surface area contributed by atoms with E-state index in [9.17, 15) is 9.59 Å². The molecule has 1 aromatic heterocycles. The van der Waals surface area contributed by atoms with Crippen molar-refractivity contribution in [3.05, 3.63) is 93.5 Å². The minimum atomic E-state index is -0.635. The number of rotatable bonds is 6. The van der Waals surface area contributed by atoms with E-state index in [0.29, 0.717) is 42.5 Å². The highest BCUT2D eigenvalue weighted by Crippen LogP contribution is 2.35. The van der Waals surface area contributed by atoms with Gasteiger partial charge in [-0.2, -0.15) is 0 Å². The fraction of sp³-hybridized carbons (Fsp3) is 0.269. The number of hydrogen-bond acceptors (Lipinski definition) is 6. The lowest BCUT2D eigenvalue weighted by Gasteiger charge is -2.24. The van der Waals surface area contributed by atoms with Crippen LogP contribution in [0.15, 0.2) is 61.9 Å². The summed E-state index contributed by atoms with van der Waals surface area (Å²) in [5, 5.41) is 0.443. The first kappa shape index (κ1) is 25.4. The van der Waals surface area contributed by atoms with Crippen LogP contribution >= 0.6 is 38.9 Å². The third-order valence-corrected chi connectivity index (χ3v) is 7.37. The first-order chi connectivity index (χ1) is 16.7. The van der Waals surface area contributed by atoms with E-state index in [4.69, 9.17) is 21.1 Å². The summed E-state index contributed by atoms with van der Waals surface area (Å²) >= 11 is 11.2. The number of benzene rings is 2. The minimum absolute atomic E-state index is 0.230. The van der Waals surface area contributed by atoms with Crippen molar-refractivity contribution in [2.24, 2.45) is 4.99 Å². The van der Waals surface area contributed by atoms with Crippen LogP contribution in [0.5, 0.6) is 5.75 Å². The number of aryl methyl sites for hydroxylation is 1. The normalized spacial score (nSPS) is 15.6. The number of carbonyl (C=O) groups is 1. The third kappa shape index (κ3) is 5.01. The molecule has 0 aliphatic carbocycles. The van der Waals surface area contributed by atoms with E-state index in [1.54, 1.807) is 30.6 Å². The molecule has 0 saturated heterocycles. The molecule has 1 atom stereocenters. The number of nitrogens with zero attached hydrogens (tertiary/aromatic N) is 2. The summed E-state index contributed by atoms with van der Waals surface area (Å²) in [7, 11) is 0. The van der Waals surface area contributed by atoms with Crippen molar-refractivity contribution >= 4 is 50.9 Å². The molecule has 6 nitrogen and oxygen atoms in total. The molecule has 0 radical (unpaired) electrons. The molecule has 0 fully saturated rings. The van der Waals surface area contributed by atoms with Gasteiger partial charge in [-0.15, -0.1) is 0 Å². The Kier molecular flexibility index (Phi) is 7.64. The van der Waals surface area contributed by atoms with Crippen molar-refractivity contribution in [1.82, 2.24) is 4.57 Å².